The van der Waals surface area contributed by atoms with Gasteiger partial charge in [0, 0.05) is 81.8 Å². The van der Waals surface area contributed by atoms with E-state index in [2.05, 4.69) is 20.9 Å². The molecule has 0 radical (unpaired) electrons. The monoisotopic (exact) mass is 801 g/mol. The number of aromatic nitrogens is 1. The van der Waals surface area contributed by atoms with Gasteiger partial charge in [-0.1, -0.05) is 37.1 Å². The summed E-state index contributed by atoms with van der Waals surface area (Å²) < 4.78 is 0. The number of unbranched alkanes of at least 4 members (excludes halogenated alkanes) is 1. The smallest absolute Gasteiger partial charge is 0.264 e. The van der Waals surface area contributed by atoms with E-state index in [0.717, 1.165) is 68.5 Å². The topological polar surface area (TPSA) is 178 Å². The molecule has 14 heteroatoms. The Morgan fingerprint density at radius 3 is 2.31 bits per heavy atom. The lowest BCUT2D eigenvalue weighted by molar-refractivity contribution is -0.136. The fourth-order valence-corrected chi connectivity index (χ4v) is 8.57. The number of amides is 7. The molecule has 14 nitrogen and oxygen atoms in total. The number of benzene rings is 2. The molecule has 0 aliphatic carbocycles. The number of likely N-dealkylation sites (tertiary alicyclic amines) is 2. The Kier molecular flexibility index (Phi) is 13.2. The first-order valence-corrected chi connectivity index (χ1v) is 20.8. The highest BCUT2D eigenvalue weighted by atomic mass is 16.2. The molecular formula is C45H51N7O7. The minimum absolute atomic E-state index is 0.00426. The van der Waals surface area contributed by atoms with Crippen molar-refractivity contribution in [2.24, 2.45) is 5.92 Å². The Morgan fingerprint density at radius 2 is 1.58 bits per heavy atom. The first-order chi connectivity index (χ1) is 28.7. The maximum atomic E-state index is 13.4. The summed E-state index contributed by atoms with van der Waals surface area (Å²) in [5.74, 6) is -1.43. The zero-order valence-electron chi connectivity index (χ0n) is 33.2. The van der Waals surface area contributed by atoms with Crippen molar-refractivity contribution in [2.75, 3.05) is 44.6 Å². The molecule has 3 fully saturated rings. The second-order valence-corrected chi connectivity index (χ2v) is 15.8. The number of nitrogens with zero attached hydrogens (tertiary/aromatic N) is 4. The van der Waals surface area contributed by atoms with Crippen LogP contribution in [0.5, 0.6) is 0 Å². The van der Waals surface area contributed by atoms with Gasteiger partial charge in [0.25, 0.3) is 17.7 Å². The molecule has 3 aromatic rings. The number of rotatable bonds is 14. The first-order valence-electron chi connectivity index (χ1n) is 20.8. The van der Waals surface area contributed by atoms with Gasteiger partial charge in [-0.2, -0.15) is 0 Å². The van der Waals surface area contributed by atoms with Crippen LogP contribution in [0.4, 0.5) is 5.69 Å². The summed E-state index contributed by atoms with van der Waals surface area (Å²) in [4.78, 5) is 98.0. The van der Waals surface area contributed by atoms with Gasteiger partial charge in [-0.05, 0) is 97.9 Å². The second kappa shape index (κ2) is 19.0. The van der Waals surface area contributed by atoms with E-state index in [4.69, 9.17) is 0 Å². The zero-order chi connectivity index (χ0) is 41.3. The van der Waals surface area contributed by atoms with Gasteiger partial charge >= 0.3 is 0 Å². The zero-order valence-corrected chi connectivity index (χ0v) is 33.2. The number of piperidine rings is 3. The van der Waals surface area contributed by atoms with Crippen molar-refractivity contribution in [1.29, 1.82) is 0 Å². The van der Waals surface area contributed by atoms with Crippen molar-refractivity contribution >= 4 is 53.1 Å². The van der Waals surface area contributed by atoms with Gasteiger partial charge in [-0.15, -0.1) is 0 Å². The van der Waals surface area contributed by atoms with Gasteiger partial charge in [0.05, 0.1) is 11.1 Å². The predicted octanol–water partition coefficient (Wildman–Crippen LogP) is 4.54. The highest BCUT2D eigenvalue weighted by molar-refractivity contribution is 6.25. The Labute approximate surface area is 343 Å². The molecule has 1 atom stereocenters. The summed E-state index contributed by atoms with van der Waals surface area (Å²) in [6.45, 7) is 3.63. The Balaban J connectivity index is 0.790. The van der Waals surface area contributed by atoms with E-state index in [9.17, 15) is 33.6 Å². The molecule has 1 unspecified atom stereocenters. The number of anilines is 1. The lowest BCUT2D eigenvalue weighted by atomic mass is 9.88. The number of imide groups is 2. The Bertz CT molecular complexity index is 2090. The van der Waals surface area contributed by atoms with Gasteiger partial charge in [0.1, 0.15) is 6.04 Å². The molecule has 5 heterocycles. The average Bonchev–Trinajstić information content (AvgIpc) is 3.52. The lowest BCUT2D eigenvalue weighted by Gasteiger charge is -2.33. The van der Waals surface area contributed by atoms with E-state index >= 15 is 0 Å². The average molecular weight is 802 g/mol. The largest absolute Gasteiger partial charge is 0.384 e. The van der Waals surface area contributed by atoms with Crippen molar-refractivity contribution < 1.29 is 33.6 Å². The molecule has 59 heavy (non-hydrogen) atoms. The van der Waals surface area contributed by atoms with Gasteiger partial charge in [0.15, 0.2) is 0 Å². The minimum atomic E-state index is -1.05. The SMILES string of the molecule is O=C(/C=C/c1cccnc1)NCCCCC1CCN(C(=O)c2ccc(C3CCN(C(=O)CCNc4cccc5c4C(=O)N(C4CCC(=O)NC4=O)C5=O)CC3)cc2)CC1. The number of carbonyl (C=O) groups excluding carboxylic acids is 7. The van der Waals surface area contributed by atoms with Crippen LogP contribution in [0.25, 0.3) is 6.08 Å². The lowest BCUT2D eigenvalue weighted by Crippen LogP contribution is -2.54. The van der Waals surface area contributed by atoms with Crippen molar-refractivity contribution in [3.63, 3.8) is 0 Å². The van der Waals surface area contributed by atoms with Crippen molar-refractivity contribution in [1.82, 2.24) is 30.3 Å². The minimum Gasteiger partial charge on any atom is -0.384 e. The van der Waals surface area contributed by atoms with Crippen molar-refractivity contribution in [3.8, 4) is 0 Å². The molecule has 0 spiro atoms. The highest BCUT2D eigenvalue weighted by Crippen LogP contribution is 2.33. The van der Waals surface area contributed by atoms with Crippen molar-refractivity contribution in [3.05, 3.63) is 101 Å². The van der Waals surface area contributed by atoms with E-state index in [1.165, 1.54) is 11.6 Å². The van der Waals surface area contributed by atoms with E-state index in [1.807, 2.05) is 46.2 Å². The first kappa shape index (κ1) is 41.0. The summed E-state index contributed by atoms with van der Waals surface area (Å²) in [5, 5.41) is 8.31. The summed E-state index contributed by atoms with van der Waals surface area (Å²) >= 11 is 0. The third kappa shape index (κ3) is 9.93. The summed E-state index contributed by atoms with van der Waals surface area (Å²) in [6, 6.07) is 15.5. The maximum Gasteiger partial charge on any atom is 0.264 e. The summed E-state index contributed by atoms with van der Waals surface area (Å²) in [7, 11) is 0. The van der Waals surface area contributed by atoms with E-state index in [1.54, 1.807) is 36.7 Å². The van der Waals surface area contributed by atoms with E-state index in [0.29, 0.717) is 36.8 Å². The number of pyridine rings is 1. The van der Waals surface area contributed by atoms with Crippen LogP contribution in [0, 0.1) is 5.92 Å². The van der Waals surface area contributed by atoms with Crippen LogP contribution >= 0.6 is 0 Å². The van der Waals surface area contributed by atoms with Crippen LogP contribution in [0.1, 0.15) is 112 Å². The molecule has 0 bridgehead atoms. The molecular weight excluding hydrogens is 751 g/mol. The van der Waals surface area contributed by atoms with Gasteiger partial charge < -0.3 is 20.4 Å². The molecule has 7 rings (SSSR count). The van der Waals surface area contributed by atoms with Crippen LogP contribution in [-0.2, 0) is 19.2 Å². The molecule has 3 N–H and O–H groups in total. The third-order valence-electron chi connectivity index (χ3n) is 12.0. The van der Waals surface area contributed by atoms with E-state index in [-0.39, 0.29) is 60.6 Å². The maximum absolute atomic E-state index is 13.4. The Hall–Kier alpha value is -6.18. The number of carbonyl (C=O) groups is 7. The van der Waals surface area contributed by atoms with Crippen LogP contribution in [0.2, 0.25) is 0 Å². The second-order valence-electron chi connectivity index (χ2n) is 15.8. The van der Waals surface area contributed by atoms with Crippen molar-refractivity contribution in [2.45, 2.75) is 76.2 Å². The van der Waals surface area contributed by atoms with Crippen LogP contribution in [-0.4, -0.2) is 106 Å². The molecule has 308 valence electrons. The van der Waals surface area contributed by atoms with E-state index < -0.39 is 29.7 Å². The van der Waals surface area contributed by atoms with Crippen LogP contribution in [0.3, 0.4) is 0 Å². The molecule has 7 amide bonds. The molecule has 4 aliphatic heterocycles. The molecule has 2 aromatic carbocycles. The summed E-state index contributed by atoms with van der Waals surface area (Å²) in [6.07, 6.45) is 13.7. The number of hydrogen-bond donors (Lipinski definition) is 3. The molecule has 4 aliphatic rings. The van der Waals surface area contributed by atoms with Gasteiger partial charge in [0.2, 0.25) is 23.6 Å². The number of fused-ring (bicyclic) bond motifs is 1. The molecule has 0 saturated carbocycles. The normalized spacial score (nSPS) is 18.9. The Morgan fingerprint density at radius 1 is 0.814 bits per heavy atom. The summed E-state index contributed by atoms with van der Waals surface area (Å²) in [5.41, 5.74) is 3.52. The number of hydrogen-bond acceptors (Lipinski definition) is 9. The van der Waals surface area contributed by atoms with Gasteiger partial charge in [-0.25, -0.2) is 0 Å². The quantitative estimate of drug-likeness (QED) is 0.120. The third-order valence-corrected chi connectivity index (χ3v) is 12.0. The van der Waals surface area contributed by atoms with Gasteiger partial charge in [-0.3, -0.25) is 48.8 Å². The molecule has 1 aromatic heterocycles. The predicted molar refractivity (Wildman–Crippen MR) is 220 cm³/mol. The molecule has 3 saturated heterocycles. The standard InChI is InChI=1S/C45H51N7O7/c53-38(15-9-31-6-4-22-46-29-31)48-23-2-1-5-30-18-25-51(26-19-30)43(57)34-12-10-32(11-13-34)33-20-27-50(28-21-33)40(55)17-24-47-36-8-3-7-35-41(36)45(59)52(44(35)58)37-14-16-39(54)49-42(37)56/h3-4,6-13,15,22,29-30,33,37,47H,1-2,5,14,16-21,23-28H2,(H,48,53)(H,49,54,56)/b15-9+. The fourth-order valence-electron chi connectivity index (χ4n) is 8.57. The van der Waals surface area contributed by atoms with Crippen LogP contribution in [0.15, 0.2) is 73.1 Å². The fraction of sp³-hybridized carbons (Fsp3) is 0.422. The highest BCUT2D eigenvalue weighted by Gasteiger charge is 2.45. The van der Waals surface area contributed by atoms with Crippen LogP contribution < -0.4 is 16.0 Å². The number of nitrogens with one attached hydrogen (secondary N) is 3.